The molecule has 0 bridgehead atoms. The summed E-state index contributed by atoms with van der Waals surface area (Å²) in [5, 5.41) is 3.38. The van der Waals surface area contributed by atoms with Crippen LogP contribution >= 0.6 is 0 Å². The fourth-order valence-electron chi connectivity index (χ4n) is 2.23. The molecule has 0 saturated heterocycles. The maximum Gasteiger partial charge on any atom is 0.118 e. The molecule has 2 rings (SSSR count). The van der Waals surface area contributed by atoms with Crippen LogP contribution in [-0.4, -0.2) is 23.5 Å². The van der Waals surface area contributed by atoms with Gasteiger partial charge in [-0.1, -0.05) is 13.0 Å². The molecule has 114 valence electrons. The monoisotopic (exact) mass is 287 g/mol. The zero-order chi connectivity index (χ0) is 15.1. The molecule has 2 aromatic rings. The highest BCUT2D eigenvalue weighted by Crippen LogP contribution is 2.10. The number of nitrogens with zero attached hydrogens (tertiary/aromatic N) is 2. The molecule has 0 aliphatic rings. The lowest BCUT2D eigenvalue weighted by Gasteiger charge is -2.14. The minimum atomic E-state index is 0.801. The van der Waals surface area contributed by atoms with E-state index in [-0.39, 0.29) is 0 Å². The molecule has 0 aromatic carbocycles. The van der Waals surface area contributed by atoms with Gasteiger partial charge in [-0.15, -0.1) is 0 Å². The third kappa shape index (κ3) is 5.33. The predicted molar refractivity (Wildman–Crippen MR) is 84.9 cm³/mol. The first kappa shape index (κ1) is 15.7. The highest BCUT2D eigenvalue weighted by atomic mass is 16.3. The van der Waals surface area contributed by atoms with Crippen LogP contribution in [0.4, 0.5) is 0 Å². The second-order valence-corrected chi connectivity index (χ2v) is 5.52. The molecule has 0 amide bonds. The van der Waals surface area contributed by atoms with E-state index < -0.39 is 0 Å². The van der Waals surface area contributed by atoms with Crippen LogP contribution in [0, 0.1) is 6.92 Å². The average Bonchev–Trinajstić information content (AvgIpc) is 2.86. The van der Waals surface area contributed by atoms with Crippen molar-refractivity contribution in [2.75, 3.05) is 13.6 Å². The molecule has 4 heteroatoms. The van der Waals surface area contributed by atoms with Crippen molar-refractivity contribution in [3.63, 3.8) is 0 Å². The molecule has 4 nitrogen and oxygen atoms in total. The lowest BCUT2D eigenvalue weighted by Crippen LogP contribution is -2.18. The minimum absolute atomic E-state index is 0.801. The Morgan fingerprint density at radius 1 is 1.19 bits per heavy atom. The second kappa shape index (κ2) is 7.96. The average molecular weight is 287 g/mol. The van der Waals surface area contributed by atoms with Gasteiger partial charge in [-0.05, 0) is 50.7 Å². The van der Waals surface area contributed by atoms with Gasteiger partial charge in [0.15, 0.2) is 0 Å². The fraction of sp³-hybridized carbons (Fsp3) is 0.471. The molecule has 0 atom stereocenters. The maximum atomic E-state index is 5.60. The van der Waals surface area contributed by atoms with Gasteiger partial charge in [-0.25, -0.2) is 0 Å². The number of pyridine rings is 1. The van der Waals surface area contributed by atoms with E-state index in [2.05, 4.69) is 41.3 Å². The summed E-state index contributed by atoms with van der Waals surface area (Å²) in [4.78, 5) is 6.74. The Morgan fingerprint density at radius 3 is 2.67 bits per heavy atom. The maximum absolute atomic E-state index is 5.60. The first-order valence-electron chi connectivity index (χ1n) is 7.55. The third-order valence-electron chi connectivity index (χ3n) is 3.30. The Bertz CT molecular complexity index is 533. The van der Waals surface area contributed by atoms with Gasteiger partial charge < -0.3 is 9.73 Å². The molecule has 2 aromatic heterocycles. The molecule has 0 unspecified atom stereocenters. The topological polar surface area (TPSA) is 41.3 Å². The Balaban J connectivity index is 1.82. The van der Waals surface area contributed by atoms with Crippen molar-refractivity contribution in [3.05, 3.63) is 53.2 Å². The van der Waals surface area contributed by atoms with Crippen LogP contribution in [0.25, 0.3) is 0 Å². The van der Waals surface area contributed by atoms with Crippen molar-refractivity contribution in [1.29, 1.82) is 0 Å². The van der Waals surface area contributed by atoms with Crippen LogP contribution in [0.15, 0.2) is 34.9 Å². The second-order valence-electron chi connectivity index (χ2n) is 5.52. The van der Waals surface area contributed by atoms with Gasteiger partial charge >= 0.3 is 0 Å². The molecule has 0 fully saturated rings. The third-order valence-corrected chi connectivity index (χ3v) is 3.30. The van der Waals surface area contributed by atoms with E-state index in [1.807, 2.05) is 25.3 Å². The van der Waals surface area contributed by atoms with E-state index in [0.717, 1.165) is 49.8 Å². The first-order valence-corrected chi connectivity index (χ1v) is 7.55. The predicted octanol–water partition coefficient (Wildman–Crippen LogP) is 3.11. The standard InChI is InChI=1S/C17H25N3O/c1-4-9-18-10-15-6-7-16(19-11-15)12-20(3)13-17-8-5-14(2)21-17/h5-8,11,18H,4,9-10,12-13H2,1-3H3. The molecule has 0 aliphatic carbocycles. The van der Waals surface area contributed by atoms with Crippen molar-refractivity contribution in [1.82, 2.24) is 15.2 Å². The highest BCUT2D eigenvalue weighted by Gasteiger charge is 2.06. The minimum Gasteiger partial charge on any atom is -0.465 e. The molecule has 1 N–H and O–H groups in total. The number of aromatic nitrogens is 1. The number of nitrogens with one attached hydrogen (secondary N) is 1. The summed E-state index contributed by atoms with van der Waals surface area (Å²) in [5.41, 5.74) is 2.32. The van der Waals surface area contributed by atoms with E-state index in [1.165, 1.54) is 5.56 Å². The summed E-state index contributed by atoms with van der Waals surface area (Å²) in [6, 6.07) is 8.28. The van der Waals surface area contributed by atoms with Crippen molar-refractivity contribution in [2.24, 2.45) is 0 Å². The Morgan fingerprint density at radius 2 is 2.05 bits per heavy atom. The number of rotatable bonds is 8. The Labute approximate surface area is 127 Å². The van der Waals surface area contributed by atoms with Crippen molar-refractivity contribution in [3.8, 4) is 0 Å². The molecule has 21 heavy (non-hydrogen) atoms. The van der Waals surface area contributed by atoms with Crippen LogP contribution < -0.4 is 5.32 Å². The van der Waals surface area contributed by atoms with Crippen LogP contribution in [0.3, 0.4) is 0 Å². The summed E-state index contributed by atoms with van der Waals surface area (Å²) < 4.78 is 5.60. The molecule has 0 spiro atoms. The number of furan rings is 1. The summed E-state index contributed by atoms with van der Waals surface area (Å²) in [5.74, 6) is 1.95. The van der Waals surface area contributed by atoms with Crippen molar-refractivity contribution >= 4 is 0 Å². The van der Waals surface area contributed by atoms with Gasteiger partial charge in [0.05, 0.1) is 12.2 Å². The van der Waals surface area contributed by atoms with E-state index in [4.69, 9.17) is 4.42 Å². The molecule has 0 saturated carbocycles. The summed E-state index contributed by atoms with van der Waals surface area (Å²) in [6.07, 6.45) is 3.12. The van der Waals surface area contributed by atoms with Crippen LogP contribution in [-0.2, 0) is 19.6 Å². The van der Waals surface area contributed by atoms with Gasteiger partial charge in [0.2, 0.25) is 0 Å². The number of hydrogen-bond acceptors (Lipinski definition) is 4. The van der Waals surface area contributed by atoms with Gasteiger partial charge in [0.1, 0.15) is 11.5 Å². The van der Waals surface area contributed by atoms with E-state index in [9.17, 15) is 0 Å². The molecular formula is C17H25N3O. The van der Waals surface area contributed by atoms with Crippen LogP contribution in [0.5, 0.6) is 0 Å². The molecular weight excluding hydrogens is 262 g/mol. The summed E-state index contributed by atoms with van der Waals surface area (Å²) >= 11 is 0. The van der Waals surface area contributed by atoms with Gasteiger partial charge in [0, 0.05) is 19.3 Å². The first-order chi connectivity index (χ1) is 10.2. The van der Waals surface area contributed by atoms with Gasteiger partial charge in [-0.3, -0.25) is 9.88 Å². The lowest BCUT2D eigenvalue weighted by molar-refractivity contribution is 0.282. The van der Waals surface area contributed by atoms with Crippen LogP contribution in [0.2, 0.25) is 0 Å². The van der Waals surface area contributed by atoms with Crippen LogP contribution in [0.1, 0.15) is 36.1 Å². The zero-order valence-electron chi connectivity index (χ0n) is 13.2. The van der Waals surface area contributed by atoms with E-state index in [1.54, 1.807) is 0 Å². The SMILES string of the molecule is CCCNCc1ccc(CN(C)Cc2ccc(C)o2)nc1. The summed E-state index contributed by atoms with van der Waals surface area (Å²) in [7, 11) is 2.08. The molecule has 0 aliphatic heterocycles. The van der Waals surface area contributed by atoms with Crippen molar-refractivity contribution < 1.29 is 4.42 Å². The number of hydrogen-bond donors (Lipinski definition) is 1. The smallest absolute Gasteiger partial charge is 0.118 e. The molecule has 0 radical (unpaired) electrons. The fourth-order valence-corrected chi connectivity index (χ4v) is 2.23. The largest absolute Gasteiger partial charge is 0.465 e. The number of aryl methyl sites for hydroxylation is 1. The quantitative estimate of drug-likeness (QED) is 0.757. The Kier molecular flexibility index (Phi) is 5.96. The zero-order valence-corrected chi connectivity index (χ0v) is 13.2. The lowest BCUT2D eigenvalue weighted by atomic mass is 10.2. The normalized spacial score (nSPS) is 11.2. The van der Waals surface area contributed by atoms with Gasteiger partial charge in [0.25, 0.3) is 0 Å². The van der Waals surface area contributed by atoms with Gasteiger partial charge in [-0.2, -0.15) is 0 Å². The Hall–Kier alpha value is -1.65. The highest BCUT2D eigenvalue weighted by molar-refractivity contribution is 5.14. The molecule has 2 heterocycles. The van der Waals surface area contributed by atoms with E-state index >= 15 is 0 Å². The van der Waals surface area contributed by atoms with Crippen molar-refractivity contribution in [2.45, 2.75) is 39.9 Å². The summed E-state index contributed by atoms with van der Waals surface area (Å²) in [6.45, 7) is 7.70. The van der Waals surface area contributed by atoms with E-state index in [0.29, 0.717) is 0 Å².